The molecular formula is C19H26N2O3. The van der Waals surface area contributed by atoms with E-state index in [1.165, 1.54) is 25.7 Å². The van der Waals surface area contributed by atoms with Crippen LogP contribution < -0.4 is 19.1 Å². The van der Waals surface area contributed by atoms with E-state index in [1.807, 2.05) is 6.07 Å². The molecule has 1 aromatic carbocycles. The lowest BCUT2D eigenvalue weighted by molar-refractivity contribution is 0.327. The van der Waals surface area contributed by atoms with Crippen molar-refractivity contribution in [1.82, 2.24) is 4.98 Å². The Labute approximate surface area is 143 Å². The largest absolute Gasteiger partial charge is 0.493 e. The van der Waals surface area contributed by atoms with E-state index in [2.05, 4.69) is 17.9 Å². The second-order valence-electron chi connectivity index (χ2n) is 6.24. The monoisotopic (exact) mass is 330 g/mol. The van der Waals surface area contributed by atoms with Gasteiger partial charge < -0.3 is 19.1 Å². The Balaban J connectivity index is 2.16. The summed E-state index contributed by atoms with van der Waals surface area (Å²) in [5.74, 6) is 2.97. The lowest BCUT2D eigenvalue weighted by atomic mass is 10.1. The number of anilines is 1. The van der Waals surface area contributed by atoms with Gasteiger partial charge in [0.05, 0.1) is 26.8 Å². The molecule has 1 aromatic heterocycles. The standard InChI is InChI=1S/C19H26N2O3/c1-13-11-16(21-9-7-5-6-8-10-21)20-14-12-15(22-2)18(23-3)19(24-4)17(13)14/h11-12H,5-10H2,1-4H3. The van der Waals surface area contributed by atoms with E-state index < -0.39 is 0 Å². The molecule has 5 heteroatoms. The van der Waals surface area contributed by atoms with Crippen LogP contribution in [-0.2, 0) is 0 Å². The van der Waals surface area contributed by atoms with Crippen molar-refractivity contribution >= 4 is 16.7 Å². The van der Waals surface area contributed by atoms with Crippen LogP contribution in [0.25, 0.3) is 10.9 Å². The molecule has 1 aliphatic heterocycles. The van der Waals surface area contributed by atoms with Crippen molar-refractivity contribution in [3.63, 3.8) is 0 Å². The predicted molar refractivity (Wildman–Crippen MR) is 96.8 cm³/mol. The molecule has 0 radical (unpaired) electrons. The summed E-state index contributed by atoms with van der Waals surface area (Å²) in [6, 6.07) is 4.09. The van der Waals surface area contributed by atoms with E-state index in [-0.39, 0.29) is 0 Å². The normalized spacial score (nSPS) is 15.2. The summed E-state index contributed by atoms with van der Waals surface area (Å²) in [6.07, 6.45) is 5.08. The fourth-order valence-electron chi connectivity index (χ4n) is 3.50. The molecular weight excluding hydrogens is 304 g/mol. The number of aryl methyl sites for hydroxylation is 1. The van der Waals surface area contributed by atoms with Crippen molar-refractivity contribution in [3.8, 4) is 17.2 Å². The molecule has 0 unspecified atom stereocenters. The van der Waals surface area contributed by atoms with Gasteiger partial charge in [0.1, 0.15) is 5.82 Å². The fourth-order valence-corrected chi connectivity index (χ4v) is 3.50. The van der Waals surface area contributed by atoms with Crippen LogP contribution in [0.3, 0.4) is 0 Å². The first-order valence-electron chi connectivity index (χ1n) is 8.55. The van der Waals surface area contributed by atoms with Gasteiger partial charge in [0.2, 0.25) is 5.75 Å². The molecule has 0 aliphatic carbocycles. The van der Waals surface area contributed by atoms with Crippen LogP contribution in [0.4, 0.5) is 5.82 Å². The zero-order valence-corrected chi connectivity index (χ0v) is 15.0. The van der Waals surface area contributed by atoms with E-state index in [0.717, 1.165) is 35.4 Å². The first kappa shape index (κ1) is 16.7. The number of fused-ring (bicyclic) bond motifs is 1. The Morgan fingerprint density at radius 1 is 0.875 bits per heavy atom. The molecule has 130 valence electrons. The molecule has 2 aromatic rings. The molecule has 0 amide bonds. The second-order valence-corrected chi connectivity index (χ2v) is 6.24. The van der Waals surface area contributed by atoms with Gasteiger partial charge in [0, 0.05) is 24.5 Å². The molecule has 24 heavy (non-hydrogen) atoms. The van der Waals surface area contributed by atoms with E-state index in [0.29, 0.717) is 17.2 Å². The van der Waals surface area contributed by atoms with E-state index in [4.69, 9.17) is 19.2 Å². The van der Waals surface area contributed by atoms with E-state index in [1.54, 1.807) is 21.3 Å². The van der Waals surface area contributed by atoms with Gasteiger partial charge in [-0.15, -0.1) is 0 Å². The third kappa shape index (κ3) is 2.95. The van der Waals surface area contributed by atoms with Gasteiger partial charge in [0.25, 0.3) is 0 Å². The molecule has 2 heterocycles. The average molecular weight is 330 g/mol. The number of hydrogen-bond acceptors (Lipinski definition) is 5. The number of rotatable bonds is 4. The summed E-state index contributed by atoms with van der Waals surface area (Å²) >= 11 is 0. The molecule has 1 aliphatic rings. The SMILES string of the molecule is COc1cc2nc(N3CCCCCC3)cc(C)c2c(OC)c1OC. The highest BCUT2D eigenvalue weighted by Crippen LogP contribution is 2.44. The molecule has 1 fully saturated rings. The van der Waals surface area contributed by atoms with Crippen molar-refractivity contribution in [2.75, 3.05) is 39.3 Å². The second kappa shape index (κ2) is 7.16. The van der Waals surface area contributed by atoms with E-state index >= 15 is 0 Å². The molecule has 0 spiro atoms. The van der Waals surface area contributed by atoms with Gasteiger partial charge >= 0.3 is 0 Å². The van der Waals surface area contributed by atoms with Crippen molar-refractivity contribution < 1.29 is 14.2 Å². The summed E-state index contributed by atoms with van der Waals surface area (Å²) in [5.41, 5.74) is 2.01. The third-order valence-corrected chi connectivity index (χ3v) is 4.71. The maximum Gasteiger partial charge on any atom is 0.204 e. The number of ether oxygens (including phenoxy) is 3. The smallest absolute Gasteiger partial charge is 0.204 e. The highest BCUT2D eigenvalue weighted by molar-refractivity contribution is 5.94. The number of aromatic nitrogens is 1. The first-order chi connectivity index (χ1) is 11.7. The van der Waals surface area contributed by atoms with Crippen LogP contribution in [0.1, 0.15) is 31.2 Å². The summed E-state index contributed by atoms with van der Waals surface area (Å²) in [5, 5.41) is 0.980. The number of hydrogen-bond donors (Lipinski definition) is 0. The minimum absolute atomic E-state index is 0.611. The van der Waals surface area contributed by atoms with Gasteiger partial charge in [-0.1, -0.05) is 12.8 Å². The van der Waals surface area contributed by atoms with Gasteiger partial charge in [-0.05, 0) is 31.4 Å². The van der Waals surface area contributed by atoms with Crippen molar-refractivity contribution in [2.24, 2.45) is 0 Å². The maximum atomic E-state index is 5.62. The first-order valence-corrected chi connectivity index (χ1v) is 8.55. The number of pyridine rings is 1. The summed E-state index contributed by atoms with van der Waals surface area (Å²) < 4.78 is 16.6. The summed E-state index contributed by atoms with van der Waals surface area (Å²) in [6.45, 7) is 4.24. The molecule has 0 atom stereocenters. The Kier molecular flexibility index (Phi) is 4.97. The summed E-state index contributed by atoms with van der Waals surface area (Å²) in [7, 11) is 4.91. The van der Waals surface area contributed by atoms with Gasteiger partial charge in [-0.3, -0.25) is 0 Å². The highest BCUT2D eigenvalue weighted by Gasteiger charge is 2.20. The molecule has 5 nitrogen and oxygen atoms in total. The lowest BCUT2D eigenvalue weighted by Crippen LogP contribution is -2.25. The Morgan fingerprint density at radius 2 is 1.54 bits per heavy atom. The van der Waals surface area contributed by atoms with Crippen molar-refractivity contribution in [2.45, 2.75) is 32.6 Å². The average Bonchev–Trinajstić information content (AvgIpc) is 2.89. The van der Waals surface area contributed by atoms with Crippen LogP contribution in [-0.4, -0.2) is 39.4 Å². The van der Waals surface area contributed by atoms with Crippen molar-refractivity contribution in [1.29, 1.82) is 0 Å². The number of benzene rings is 1. The molecule has 0 saturated carbocycles. The van der Waals surface area contributed by atoms with Gasteiger partial charge in [0.15, 0.2) is 11.5 Å². The quantitative estimate of drug-likeness (QED) is 0.849. The Morgan fingerprint density at radius 3 is 2.12 bits per heavy atom. The van der Waals surface area contributed by atoms with Gasteiger partial charge in [-0.2, -0.15) is 0 Å². The topological polar surface area (TPSA) is 43.8 Å². The Hall–Kier alpha value is -2.17. The lowest BCUT2D eigenvalue weighted by Gasteiger charge is -2.23. The predicted octanol–water partition coefficient (Wildman–Crippen LogP) is 3.95. The number of nitrogens with zero attached hydrogens (tertiary/aromatic N) is 2. The Bertz CT molecular complexity index is 722. The number of methoxy groups -OCH3 is 3. The van der Waals surface area contributed by atoms with Crippen LogP contribution in [0.2, 0.25) is 0 Å². The molecule has 0 bridgehead atoms. The minimum Gasteiger partial charge on any atom is -0.493 e. The zero-order valence-electron chi connectivity index (χ0n) is 15.0. The van der Waals surface area contributed by atoms with Gasteiger partial charge in [-0.25, -0.2) is 4.98 Å². The highest BCUT2D eigenvalue weighted by atomic mass is 16.5. The van der Waals surface area contributed by atoms with Crippen molar-refractivity contribution in [3.05, 3.63) is 17.7 Å². The summed E-state index contributed by atoms with van der Waals surface area (Å²) in [4.78, 5) is 7.30. The molecule has 1 saturated heterocycles. The zero-order chi connectivity index (χ0) is 17.1. The molecule has 3 rings (SSSR count). The van der Waals surface area contributed by atoms with Crippen LogP contribution in [0.15, 0.2) is 12.1 Å². The van der Waals surface area contributed by atoms with Crippen LogP contribution in [0, 0.1) is 6.92 Å². The molecule has 0 N–H and O–H groups in total. The third-order valence-electron chi connectivity index (χ3n) is 4.71. The van der Waals surface area contributed by atoms with Crippen LogP contribution >= 0.6 is 0 Å². The van der Waals surface area contributed by atoms with Crippen LogP contribution in [0.5, 0.6) is 17.2 Å². The fraction of sp³-hybridized carbons (Fsp3) is 0.526. The van der Waals surface area contributed by atoms with E-state index in [9.17, 15) is 0 Å². The minimum atomic E-state index is 0.611. The maximum absolute atomic E-state index is 5.62.